The van der Waals surface area contributed by atoms with Crippen LogP contribution in [0.2, 0.25) is 5.02 Å². The number of nitrogens with one attached hydrogen (secondary N) is 1. The maximum Gasteiger partial charge on any atom is 0.101 e. The van der Waals surface area contributed by atoms with E-state index >= 15 is 0 Å². The van der Waals surface area contributed by atoms with Crippen molar-refractivity contribution in [3.63, 3.8) is 0 Å². The molecule has 0 bridgehead atoms. The highest BCUT2D eigenvalue weighted by Crippen LogP contribution is 2.25. The fourth-order valence-electron chi connectivity index (χ4n) is 1.76. The number of thioether (sulfide) groups is 1. The minimum atomic E-state index is 0.662. The molecule has 1 aliphatic heterocycles. The lowest BCUT2D eigenvalue weighted by Crippen LogP contribution is -2.14. The highest BCUT2D eigenvalue weighted by molar-refractivity contribution is 7.99. The SMILES string of the molecule is N#Cc1ccc(Cl)cc1NCC1CCSC1. The fraction of sp³-hybridized carbons (Fsp3) is 0.417. The van der Waals surface area contributed by atoms with Gasteiger partial charge in [0.2, 0.25) is 0 Å². The Hall–Kier alpha value is -0.850. The second kappa shape index (κ2) is 5.47. The lowest BCUT2D eigenvalue weighted by molar-refractivity contribution is 0.632. The lowest BCUT2D eigenvalue weighted by Gasteiger charge is -2.12. The van der Waals surface area contributed by atoms with E-state index in [4.69, 9.17) is 16.9 Å². The smallest absolute Gasteiger partial charge is 0.101 e. The molecule has 1 saturated heterocycles. The molecule has 16 heavy (non-hydrogen) atoms. The summed E-state index contributed by atoms with van der Waals surface area (Å²) in [6.07, 6.45) is 1.26. The van der Waals surface area contributed by atoms with Crippen LogP contribution < -0.4 is 5.32 Å². The van der Waals surface area contributed by atoms with Crippen LogP contribution in [-0.4, -0.2) is 18.1 Å². The molecule has 1 heterocycles. The van der Waals surface area contributed by atoms with E-state index in [1.165, 1.54) is 17.9 Å². The van der Waals surface area contributed by atoms with Crippen LogP contribution in [0.15, 0.2) is 18.2 Å². The largest absolute Gasteiger partial charge is 0.384 e. The topological polar surface area (TPSA) is 35.8 Å². The zero-order chi connectivity index (χ0) is 11.4. The molecule has 1 N–H and O–H groups in total. The zero-order valence-electron chi connectivity index (χ0n) is 8.87. The van der Waals surface area contributed by atoms with Gasteiger partial charge in [0.15, 0.2) is 0 Å². The second-order valence-corrected chi connectivity index (χ2v) is 5.50. The van der Waals surface area contributed by atoms with Gasteiger partial charge in [-0.25, -0.2) is 0 Å². The molecule has 1 unspecified atom stereocenters. The van der Waals surface area contributed by atoms with E-state index in [0.29, 0.717) is 10.6 Å². The molecule has 1 aromatic carbocycles. The van der Waals surface area contributed by atoms with Crippen LogP contribution in [0.3, 0.4) is 0 Å². The highest BCUT2D eigenvalue weighted by atomic mass is 35.5. The average molecular weight is 253 g/mol. The Bertz CT molecular complexity index is 408. The van der Waals surface area contributed by atoms with Gasteiger partial charge < -0.3 is 5.32 Å². The van der Waals surface area contributed by atoms with E-state index in [9.17, 15) is 0 Å². The van der Waals surface area contributed by atoms with Crippen molar-refractivity contribution in [2.75, 3.05) is 23.4 Å². The third-order valence-corrected chi connectivity index (χ3v) is 4.17. The predicted octanol–water partition coefficient (Wildman–Crippen LogP) is 3.38. The van der Waals surface area contributed by atoms with Gasteiger partial charge in [-0.05, 0) is 42.0 Å². The minimum absolute atomic E-state index is 0.662. The van der Waals surface area contributed by atoms with Crippen molar-refractivity contribution in [1.82, 2.24) is 0 Å². The summed E-state index contributed by atoms with van der Waals surface area (Å²) < 4.78 is 0. The Morgan fingerprint density at radius 3 is 3.12 bits per heavy atom. The van der Waals surface area contributed by atoms with Crippen LogP contribution in [0, 0.1) is 17.2 Å². The first kappa shape index (κ1) is 11.6. The van der Waals surface area contributed by atoms with Crippen molar-refractivity contribution < 1.29 is 0 Å². The van der Waals surface area contributed by atoms with Crippen LogP contribution in [0.4, 0.5) is 5.69 Å². The summed E-state index contributed by atoms with van der Waals surface area (Å²) in [5.41, 5.74) is 1.52. The maximum atomic E-state index is 8.96. The van der Waals surface area contributed by atoms with Crippen molar-refractivity contribution in [3.05, 3.63) is 28.8 Å². The molecule has 2 rings (SSSR count). The minimum Gasteiger partial charge on any atom is -0.384 e. The first-order valence-corrected chi connectivity index (χ1v) is 6.84. The van der Waals surface area contributed by atoms with Gasteiger partial charge in [0, 0.05) is 11.6 Å². The first-order valence-electron chi connectivity index (χ1n) is 5.31. The number of benzene rings is 1. The Balaban J connectivity index is 2.02. The zero-order valence-corrected chi connectivity index (χ0v) is 10.4. The van der Waals surface area contributed by atoms with Gasteiger partial charge in [-0.15, -0.1) is 0 Å². The van der Waals surface area contributed by atoms with Crippen LogP contribution in [-0.2, 0) is 0 Å². The number of nitrogens with zero attached hydrogens (tertiary/aromatic N) is 1. The summed E-state index contributed by atoms with van der Waals surface area (Å²) in [5.74, 6) is 3.19. The third-order valence-electron chi connectivity index (χ3n) is 2.71. The van der Waals surface area contributed by atoms with E-state index in [-0.39, 0.29) is 0 Å². The van der Waals surface area contributed by atoms with E-state index < -0.39 is 0 Å². The van der Waals surface area contributed by atoms with Crippen molar-refractivity contribution in [3.8, 4) is 6.07 Å². The Morgan fingerprint density at radius 2 is 2.44 bits per heavy atom. The molecule has 0 amide bonds. The number of nitriles is 1. The molecule has 0 aromatic heterocycles. The molecule has 0 saturated carbocycles. The highest BCUT2D eigenvalue weighted by Gasteiger charge is 2.15. The van der Waals surface area contributed by atoms with Crippen molar-refractivity contribution in [2.24, 2.45) is 5.92 Å². The van der Waals surface area contributed by atoms with Gasteiger partial charge in [-0.1, -0.05) is 11.6 Å². The van der Waals surface area contributed by atoms with Crippen LogP contribution in [0.5, 0.6) is 0 Å². The van der Waals surface area contributed by atoms with Gasteiger partial charge in [0.25, 0.3) is 0 Å². The normalized spacial score (nSPS) is 19.4. The summed E-state index contributed by atoms with van der Waals surface area (Å²) in [6.45, 7) is 0.933. The van der Waals surface area contributed by atoms with Crippen molar-refractivity contribution >= 4 is 29.1 Å². The standard InChI is InChI=1S/C12H13ClN2S/c13-11-2-1-10(6-14)12(5-11)15-7-9-3-4-16-8-9/h1-2,5,9,15H,3-4,7-8H2. The summed E-state index contributed by atoms with van der Waals surface area (Å²) >= 11 is 7.92. The number of rotatable bonds is 3. The van der Waals surface area contributed by atoms with Crippen LogP contribution >= 0.6 is 23.4 Å². The van der Waals surface area contributed by atoms with Gasteiger partial charge >= 0.3 is 0 Å². The Morgan fingerprint density at radius 1 is 1.56 bits per heavy atom. The van der Waals surface area contributed by atoms with E-state index in [2.05, 4.69) is 11.4 Å². The molecule has 0 radical (unpaired) electrons. The molecule has 84 valence electrons. The predicted molar refractivity (Wildman–Crippen MR) is 70.1 cm³/mol. The molecule has 0 spiro atoms. The second-order valence-electron chi connectivity index (χ2n) is 3.91. The van der Waals surface area contributed by atoms with E-state index in [0.717, 1.165) is 18.2 Å². The summed E-state index contributed by atoms with van der Waals surface area (Å²) in [7, 11) is 0. The molecular formula is C12H13ClN2S. The molecule has 0 aliphatic carbocycles. The van der Waals surface area contributed by atoms with Gasteiger partial charge in [-0.3, -0.25) is 0 Å². The molecule has 4 heteroatoms. The average Bonchev–Trinajstić information content (AvgIpc) is 2.79. The van der Waals surface area contributed by atoms with Crippen LogP contribution in [0.1, 0.15) is 12.0 Å². The number of hydrogen-bond donors (Lipinski definition) is 1. The summed E-state index contributed by atoms with van der Waals surface area (Å²) in [5, 5.41) is 13.0. The number of anilines is 1. The Kier molecular flexibility index (Phi) is 3.98. The Labute approximate surface area is 105 Å². The quantitative estimate of drug-likeness (QED) is 0.896. The van der Waals surface area contributed by atoms with E-state index in [1.807, 2.05) is 17.8 Å². The lowest BCUT2D eigenvalue weighted by atomic mass is 10.1. The number of hydrogen-bond acceptors (Lipinski definition) is 3. The number of halogens is 1. The summed E-state index contributed by atoms with van der Waals surface area (Å²) in [6, 6.07) is 7.50. The molecular weight excluding hydrogens is 240 g/mol. The third kappa shape index (κ3) is 2.84. The molecule has 1 aromatic rings. The van der Waals surface area contributed by atoms with Crippen LogP contribution in [0.25, 0.3) is 0 Å². The first-order chi connectivity index (χ1) is 7.79. The fourth-order valence-corrected chi connectivity index (χ4v) is 3.22. The van der Waals surface area contributed by atoms with Gasteiger partial charge in [0.05, 0.1) is 11.3 Å². The van der Waals surface area contributed by atoms with E-state index in [1.54, 1.807) is 12.1 Å². The van der Waals surface area contributed by atoms with Crippen molar-refractivity contribution in [2.45, 2.75) is 6.42 Å². The molecule has 1 fully saturated rings. The van der Waals surface area contributed by atoms with Gasteiger partial charge in [0.1, 0.15) is 6.07 Å². The summed E-state index contributed by atoms with van der Waals surface area (Å²) in [4.78, 5) is 0. The molecule has 1 aliphatic rings. The maximum absolute atomic E-state index is 8.96. The van der Waals surface area contributed by atoms with Gasteiger partial charge in [-0.2, -0.15) is 17.0 Å². The molecule has 2 nitrogen and oxygen atoms in total. The monoisotopic (exact) mass is 252 g/mol. The molecule has 1 atom stereocenters. The van der Waals surface area contributed by atoms with Crippen molar-refractivity contribution in [1.29, 1.82) is 5.26 Å².